The van der Waals surface area contributed by atoms with E-state index in [0.29, 0.717) is 19.4 Å². The van der Waals surface area contributed by atoms with Crippen LogP contribution in [0.1, 0.15) is 32.6 Å². The second kappa shape index (κ2) is 6.87. The molecule has 1 aliphatic carbocycles. The topological polar surface area (TPSA) is 83.5 Å². The molecule has 1 aliphatic rings. The number of carbonyl (C=O) groups is 2. The molecule has 1 amide bonds. The Hall–Kier alpha value is -0.910. The van der Waals surface area contributed by atoms with Gasteiger partial charge in [-0.3, -0.25) is 13.8 Å². The van der Waals surface area contributed by atoms with E-state index in [1.807, 2.05) is 0 Å². The highest BCUT2D eigenvalue weighted by atomic mass is 32.2. The maximum Gasteiger partial charge on any atom is 0.307 e. The molecular weight excluding hydrogens is 254 g/mol. The highest BCUT2D eigenvalue weighted by Gasteiger charge is 2.35. The SMILES string of the molecule is CC(CNC(=O)[C@@H]1CCCC[C@@H]1C(=O)O)S(C)=O. The number of carboxylic acids is 1. The number of amides is 1. The normalized spacial score (nSPS) is 27.2. The van der Waals surface area contributed by atoms with Crippen LogP contribution in [-0.4, -0.2) is 39.2 Å². The van der Waals surface area contributed by atoms with Gasteiger partial charge in [0.2, 0.25) is 5.91 Å². The van der Waals surface area contributed by atoms with Crippen molar-refractivity contribution in [1.29, 1.82) is 0 Å². The molecule has 0 radical (unpaired) electrons. The van der Waals surface area contributed by atoms with E-state index in [1.54, 1.807) is 13.2 Å². The molecule has 6 heteroatoms. The second-order valence-electron chi connectivity index (χ2n) is 4.89. The number of hydrogen-bond acceptors (Lipinski definition) is 3. The van der Waals surface area contributed by atoms with Gasteiger partial charge in [0.05, 0.1) is 11.8 Å². The van der Waals surface area contributed by atoms with E-state index in [4.69, 9.17) is 5.11 Å². The number of nitrogens with one attached hydrogen (secondary N) is 1. The standard InChI is InChI=1S/C12H21NO4S/c1-8(18(2)17)7-13-11(14)9-5-3-4-6-10(9)12(15)16/h8-10H,3-7H2,1-2H3,(H,13,14)(H,15,16)/t8?,9-,10+,18?/m1/s1. The van der Waals surface area contributed by atoms with Crippen molar-refractivity contribution < 1.29 is 18.9 Å². The highest BCUT2D eigenvalue weighted by Crippen LogP contribution is 2.30. The predicted molar refractivity (Wildman–Crippen MR) is 69.6 cm³/mol. The Kier molecular flexibility index (Phi) is 5.78. The summed E-state index contributed by atoms with van der Waals surface area (Å²) in [5.41, 5.74) is 0. The van der Waals surface area contributed by atoms with Gasteiger partial charge in [-0.15, -0.1) is 0 Å². The van der Waals surface area contributed by atoms with Crippen molar-refractivity contribution in [1.82, 2.24) is 5.32 Å². The van der Waals surface area contributed by atoms with Gasteiger partial charge in [-0.25, -0.2) is 0 Å². The summed E-state index contributed by atoms with van der Waals surface area (Å²) in [5, 5.41) is 11.7. The van der Waals surface area contributed by atoms with Gasteiger partial charge < -0.3 is 10.4 Å². The Morgan fingerprint density at radius 3 is 2.39 bits per heavy atom. The van der Waals surface area contributed by atoms with Crippen LogP contribution in [0.15, 0.2) is 0 Å². The highest BCUT2D eigenvalue weighted by molar-refractivity contribution is 7.84. The minimum Gasteiger partial charge on any atom is -0.481 e. The van der Waals surface area contributed by atoms with Gasteiger partial charge in [-0.2, -0.15) is 0 Å². The predicted octanol–water partition coefficient (Wildman–Crippen LogP) is 0.761. The molecule has 1 saturated carbocycles. The van der Waals surface area contributed by atoms with Crippen molar-refractivity contribution >= 4 is 22.7 Å². The zero-order valence-electron chi connectivity index (χ0n) is 10.8. The maximum absolute atomic E-state index is 12.0. The van der Waals surface area contributed by atoms with Gasteiger partial charge in [-0.1, -0.05) is 12.8 Å². The summed E-state index contributed by atoms with van der Waals surface area (Å²) in [6, 6.07) is 0. The van der Waals surface area contributed by atoms with Gasteiger partial charge in [-0.05, 0) is 19.8 Å². The molecule has 2 N–H and O–H groups in total. The summed E-state index contributed by atoms with van der Waals surface area (Å²) in [6.45, 7) is 2.14. The van der Waals surface area contributed by atoms with E-state index in [-0.39, 0.29) is 11.2 Å². The molecule has 0 bridgehead atoms. The van der Waals surface area contributed by atoms with Crippen LogP contribution in [0.5, 0.6) is 0 Å². The van der Waals surface area contributed by atoms with Crippen LogP contribution in [0.3, 0.4) is 0 Å². The lowest BCUT2D eigenvalue weighted by Crippen LogP contribution is -2.42. The van der Waals surface area contributed by atoms with Crippen molar-refractivity contribution in [3.63, 3.8) is 0 Å². The Labute approximate surface area is 110 Å². The smallest absolute Gasteiger partial charge is 0.307 e. The molecule has 0 aromatic heterocycles. The van der Waals surface area contributed by atoms with Crippen molar-refractivity contribution in [3.05, 3.63) is 0 Å². The Morgan fingerprint density at radius 1 is 1.33 bits per heavy atom. The van der Waals surface area contributed by atoms with E-state index in [9.17, 15) is 13.8 Å². The number of carboxylic acid groups (broad SMARTS) is 1. The summed E-state index contributed by atoms with van der Waals surface area (Å²) < 4.78 is 11.2. The van der Waals surface area contributed by atoms with Crippen molar-refractivity contribution in [2.24, 2.45) is 11.8 Å². The van der Waals surface area contributed by atoms with Crippen LogP contribution in [0.25, 0.3) is 0 Å². The zero-order chi connectivity index (χ0) is 13.7. The van der Waals surface area contributed by atoms with Crippen molar-refractivity contribution in [2.45, 2.75) is 37.9 Å². The summed E-state index contributed by atoms with van der Waals surface area (Å²) in [6.07, 6.45) is 4.57. The molecule has 2 unspecified atom stereocenters. The van der Waals surface area contributed by atoms with Gasteiger partial charge in [0.15, 0.2) is 0 Å². The summed E-state index contributed by atoms with van der Waals surface area (Å²) in [4.78, 5) is 23.1. The fraction of sp³-hybridized carbons (Fsp3) is 0.833. The van der Waals surface area contributed by atoms with E-state index < -0.39 is 28.6 Å². The first-order valence-electron chi connectivity index (χ1n) is 6.26. The molecule has 0 aromatic rings. The lowest BCUT2D eigenvalue weighted by atomic mass is 9.79. The minimum atomic E-state index is -0.980. The Bertz CT molecular complexity index is 345. The quantitative estimate of drug-likeness (QED) is 0.776. The zero-order valence-corrected chi connectivity index (χ0v) is 11.7. The lowest BCUT2D eigenvalue weighted by molar-refractivity contribution is -0.148. The largest absolute Gasteiger partial charge is 0.481 e. The first-order chi connectivity index (χ1) is 8.43. The fourth-order valence-corrected chi connectivity index (χ4v) is 2.55. The summed E-state index contributed by atoms with van der Waals surface area (Å²) in [5.74, 6) is -2.10. The van der Waals surface area contributed by atoms with Gasteiger partial charge in [0.1, 0.15) is 0 Å². The molecule has 18 heavy (non-hydrogen) atoms. The monoisotopic (exact) mass is 275 g/mol. The average molecular weight is 275 g/mol. The molecule has 1 fully saturated rings. The van der Waals surface area contributed by atoms with Crippen LogP contribution in [0.4, 0.5) is 0 Å². The first kappa shape index (κ1) is 15.1. The van der Waals surface area contributed by atoms with Gasteiger partial charge in [0, 0.05) is 28.9 Å². The third-order valence-corrected chi connectivity index (χ3v) is 4.85. The van der Waals surface area contributed by atoms with Gasteiger partial charge >= 0.3 is 5.97 Å². The average Bonchev–Trinajstić information content (AvgIpc) is 2.35. The van der Waals surface area contributed by atoms with Crippen LogP contribution < -0.4 is 5.32 Å². The first-order valence-corrected chi connectivity index (χ1v) is 7.88. The van der Waals surface area contributed by atoms with E-state index in [0.717, 1.165) is 12.8 Å². The number of aliphatic carboxylic acids is 1. The van der Waals surface area contributed by atoms with Crippen LogP contribution in [0, 0.1) is 11.8 Å². The van der Waals surface area contributed by atoms with Crippen molar-refractivity contribution in [2.75, 3.05) is 12.8 Å². The van der Waals surface area contributed by atoms with Crippen LogP contribution in [-0.2, 0) is 20.4 Å². The minimum absolute atomic E-state index is 0.110. The maximum atomic E-state index is 12.0. The second-order valence-corrected chi connectivity index (χ2v) is 6.69. The third-order valence-electron chi connectivity index (χ3n) is 3.55. The molecule has 0 saturated heterocycles. The molecule has 4 atom stereocenters. The van der Waals surface area contributed by atoms with Crippen LogP contribution in [0.2, 0.25) is 0 Å². The van der Waals surface area contributed by atoms with E-state index in [1.165, 1.54) is 0 Å². The van der Waals surface area contributed by atoms with Crippen LogP contribution >= 0.6 is 0 Å². The summed E-state index contributed by atoms with van der Waals surface area (Å²) in [7, 11) is -0.980. The van der Waals surface area contributed by atoms with Crippen molar-refractivity contribution in [3.8, 4) is 0 Å². The number of rotatable bonds is 5. The van der Waals surface area contributed by atoms with Gasteiger partial charge in [0.25, 0.3) is 0 Å². The molecule has 0 aromatic carbocycles. The van der Waals surface area contributed by atoms with E-state index >= 15 is 0 Å². The molecular formula is C12H21NO4S. The molecule has 1 rings (SSSR count). The summed E-state index contributed by atoms with van der Waals surface area (Å²) >= 11 is 0. The van der Waals surface area contributed by atoms with E-state index in [2.05, 4.69) is 5.32 Å². The molecule has 5 nitrogen and oxygen atoms in total. The number of hydrogen-bond donors (Lipinski definition) is 2. The molecule has 0 aliphatic heterocycles. The molecule has 0 spiro atoms. The Morgan fingerprint density at radius 2 is 1.89 bits per heavy atom. The Balaban J connectivity index is 2.53. The molecule has 0 heterocycles. The molecule has 104 valence electrons. The lowest BCUT2D eigenvalue weighted by Gasteiger charge is -2.27. The number of carbonyl (C=O) groups excluding carboxylic acids is 1. The fourth-order valence-electron chi connectivity index (χ4n) is 2.23. The third kappa shape index (κ3) is 4.08.